The number of rotatable bonds is 3. The van der Waals surface area contributed by atoms with Crippen molar-refractivity contribution in [3.8, 4) is 0 Å². The Morgan fingerprint density at radius 1 is 1.35 bits per heavy atom. The van der Waals surface area contributed by atoms with E-state index < -0.39 is 5.79 Å². The van der Waals surface area contributed by atoms with Crippen LogP contribution in [0, 0.1) is 5.92 Å². The first-order valence-electron chi connectivity index (χ1n) is 6.67. The standard InChI is InChI=1S/C13H23NO3/c1-11(2)4-5-12(15)14-7-3-6-13(10-14)16-8-9-17-13/h11H,3-10H2,1-2H3. The van der Waals surface area contributed by atoms with Gasteiger partial charge in [0.2, 0.25) is 5.91 Å². The van der Waals surface area contributed by atoms with Gasteiger partial charge in [0.1, 0.15) is 0 Å². The van der Waals surface area contributed by atoms with Crippen molar-refractivity contribution in [1.82, 2.24) is 4.90 Å². The Bertz CT molecular complexity index is 272. The molecule has 17 heavy (non-hydrogen) atoms. The highest BCUT2D eigenvalue weighted by Gasteiger charge is 2.41. The molecule has 2 aliphatic rings. The van der Waals surface area contributed by atoms with Crippen LogP contribution >= 0.6 is 0 Å². The predicted octanol–water partition coefficient (Wildman–Crippen LogP) is 1.79. The predicted molar refractivity (Wildman–Crippen MR) is 64.5 cm³/mol. The maximum absolute atomic E-state index is 12.1. The number of nitrogens with zero attached hydrogens (tertiary/aromatic N) is 1. The molecule has 0 aromatic rings. The Morgan fingerprint density at radius 3 is 2.71 bits per heavy atom. The van der Waals surface area contributed by atoms with E-state index in [2.05, 4.69) is 13.8 Å². The zero-order valence-electron chi connectivity index (χ0n) is 10.9. The number of likely N-dealkylation sites (tertiary alicyclic amines) is 1. The Morgan fingerprint density at radius 2 is 2.06 bits per heavy atom. The fourth-order valence-electron chi connectivity index (χ4n) is 2.50. The fourth-order valence-corrected chi connectivity index (χ4v) is 2.50. The third-order valence-corrected chi connectivity index (χ3v) is 3.52. The molecular weight excluding hydrogens is 218 g/mol. The SMILES string of the molecule is CC(C)CCC(=O)N1CCCC2(C1)OCCO2. The van der Waals surface area contributed by atoms with Crippen molar-refractivity contribution >= 4 is 5.91 Å². The minimum Gasteiger partial charge on any atom is -0.346 e. The van der Waals surface area contributed by atoms with E-state index in [9.17, 15) is 4.79 Å². The van der Waals surface area contributed by atoms with Crippen LogP contribution in [0.2, 0.25) is 0 Å². The summed E-state index contributed by atoms with van der Waals surface area (Å²) in [4.78, 5) is 14.0. The lowest BCUT2D eigenvalue weighted by molar-refractivity contribution is -0.193. The van der Waals surface area contributed by atoms with Crippen LogP contribution in [0.4, 0.5) is 0 Å². The quantitative estimate of drug-likeness (QED) is 0.756. The van der Waals surface area contributed by atoms with Crippen molar-refractivity contribution in [2.45, 2.75) is 45.3 Å². The third-order valence-electron chi connectivity index (χ3n) is 3.52. The minimum absolute atomic E-state index is 0.247. The number of hydrogen-bond donors (Lipinski definition) is 0. The highest BCUT2D eigenvalue weighted by atomic mass is 16.7. The van der Waals surface area contributed by atoms with Gasteiger partial charge in [-0.05, 0) is 18.8 Å². The molecule has 2 heterocycles. The van der Waals surface area contributed by atoms with Crippen LogP contribution in [0.5, 0.6) is 0 Å². The maximum Gasteiger partial charge on any atom is 0.222 e. The van der Waals surface area contributed by atoms with Crippen LogP contribution in [0.1, 0.15) is 39.5 Å². The molecule has 0 saturated carbocycles. The van der Waals surface area contributed by atoms with Crippen LogP contribution in [0.15, 0.2) is 0 Å². The number of piperidine rings is 1. The molecule has 0 bridgehead atoms. The van der Waals surface area contributed by atoms with Gasteiger partial charge >= 0.3 is 0 Å². The zero-order chi connectivity index (χ0) is 12.3. The smallest absolute Gasteiger partial charge is 0.222 e. The molecule has 0 aliphatic carbocycles. The summed E-state index contributed by atoms with van der Waals surface area (Å²) in [6.07, 6.45) is 3.51. The Balaban J connectivity index is 1.86. The highest BCUT2D eigenvalue weighted by Crippen LogP contribution is 2.30. The molecule has 4 heteroatoms. The van der Waals surface area contributed by atoms with Crippen molar-refractivity contribution in [2.75, 3.05) is 26.3 Å². The summed E-state index contributed by atoms with van der Waals surface area (Å²) in [6.45, 7) is 7.08. The van der Waals surface area contributed by atoms with Crippen molar-refractivity contribution < 1.29 is 14.3 Å². The molecule has 0 atom stereocenters. The van der Waals surface area contributed by atoms with Gasteiger partial charge in [-0.1, -0.05) is 13.8 Å². The van der Waals surface area contributed by atoms with Gasteiger partial charge in [0.25, 0.3) is 0 Å². The van der Waals surface area contributed by atoms with E-state index in [1.54, 1.807) is 0 Å². The monoisotopic (exact) mass is 241 g/mol. The van der Waals surface area contributed by atoms with Gasteiger partial charge in [-0.15, -0.1) is 0 Å². The molecule has 98 valence electrons. The average molecular weight is 241 g/mol. The minimum atomic E-state index is -0.480. The Hall–Kier alpha value is -0.610. The molecule has 0 aromatic carbocycles. The van der Waals surface area contributed by atoms with Crippen LogP contribution in [0.3, 0.4) is 0 Å². The number of hydrogen-bond acceptors (Lipinski definition) is 3. The van der Waals surface area contributed by atoms with Crippen molar-refractivity contribution in [3.63, 3.8) is 0 Å². The second kappa shape index (κ2) is 5.36. The van der Waals surface area contributed by atoms with E-state index in [4.69, 9.17) is 9.47 Å². The second-order valence-electron chi connectivity index (χ2n) is 5.46. The lowest BCUT2D eigenvalue weighted by atomic mass is 10.0. The van der Waals surface area contributed by atoms with Gasteiger partial charge in [0.15, 0.2) is 5.79 Å². The summed E-state index contributed by atoms with van der Waals surface area (Å²) in [6, 6.07) is 0. The first-order chi connectivity index (χ1) is 8.11. The van der Waals surface area contributed by atoms with Crippen LogP contribution in [-0.2, 0) is 14.3 Å². The molecule has 2 saturated heterocycles. The maximum atomic E-state index is 12.1. The summed E-state index contributed by atoms with van der Waals surface area (Å²) < 4.78 is 11.3. The molecule has 0 unspecified atom stereocenters. The first kappa shape index (κ1) is 12.8. The summed E-state index contributed by atoms with van der Waals surface area (Å²) in [5, 5.41) is 0. The van der Waals surface area contributed by atoms with E-state index in [1.807, 2.05) is 4.90 Å². The molecule has 2 fully saturated rings. The summed E-state index contributed by atoms with van der Waals surface area (Å²) >= 11 is 0. The lowest BCUT2D eigenvalue weighted by Gasteiger charge is -2.38. The summed E-state index contributed by atoms with van der Waals surface area (Å²) in [5.74, 6) is 0.347. The van der Waals surface area contributed by atoms with Gasteiger partial charge in [0, 0.05) is 19.4 Å². The molecule has 0 radical (unpaired) electrons. The van der Waals surface area contributed by atoms with E-state index in [0.717, 1.165) is 25.8 Å². The molecular formula is C13H23NO3. The molecule has 0 aromatic heterocycles. The molecule has 1 amide bonds. The fraction of sp³-hybridized carbons (Fsp3) is 0.923. The van der Waals surface area contributed by atoms with Gasteiger partial charge in [-0.2, -0.15) is 0 Å². The van der Waals surface area contributed by atoms with Gasteiger partial charge < -0.3 is 14.4 Å². The summed E-state index contributed by atoms with van der Waals surface area (Å²) in [5.41, 5.74) is 0. The first-order valence-corrected chi connectivity index (χ1v) is 6.67. The molecule has 2 aliphatic heterocycles. The molecule has 1 spiro atoms. The van der Waals surface area contributed by atoms with E-state index in [-0.39, 0.29) is 5.91 Å². The second-order valence-corrected chi connectivity index (χ2v) is 5.46. The Kier molecular flexibility index (Phi) is 4.05. The van der Waals surface area contributed by atoms with E-state index in [1.165, 1.54) is 0 Å². The van der Waals surface area contributed by atoms with Crippen molar-refractivity contribution in [3.05, 3.63) is 0 Å². The lowest BCUT2D eigenvalue weighted by Crippen LogP contribution is -2.51. The number of carbonyl (C=O) groups is 1. The van der Waals surface area contributed by atoms with E-state index >= 15 is 0 Å². The normalized spacial score (nSPS) is 23.6. The Labute approximate surface area is 103 Å². The van der Waals surface area contributed by atoms with Crippen LogP contribution in [-0.4, -0.2) is 42.9 Å². The molecule has 2 rings (SSSR count). The van der Waals surface area contributed by atoms with Crippen molar-refractivity contribution in [2.24, 2.45) is 5.92 Å². The summed E-state index contributed by atoms with van der Waals surface area (Å²) in [7, 11) is 0. The molecule has 0 N–H and O–H groups in total. The van der Waals surface area contributed by atoms with Gasteiger partial charge in [-0.25, -0.2) is 0 Å². The molecule has 4 nitrogen and oxygen atoms in total. The van der Waals surface area contributed by atoms with Crippen molar-refractivity contribution in [1.29, 1.82) is 0 Å². The average Bonchev–Trinajstić information content (AvgIpc) is 2.74. The topological polar surface area (TPSA) is 38.8 Å². The largest absolute Gasteiger partial charge is 0.346 e. The number of ether oxygens (including phenoxy) is 2. The van der Waals surface area contributed by atoms with E-state index in [0.29, 0.717) is 32.1 Å². The number of carbonyl (C=O) groups excluding carboxylic acids is 1. The third kappa shape index (κ3) is 3.19. The van der Waals surface area contributed by atoms with Gasteiger partial charge in [-0.3, -0.25) is 4.79 Å². The van der Waals surface area contributed by atoms with Gasteiger partial charge in [0.05, 0.1) is 19.8 Å². The van der Waals surface area contributed by atoms with Crippen LogP contribution < -0.4 is 0 Å². The zero-order valence-corrected chi connectivity index (χ0v) is 10.9. The van der Waals surface area contributed by atoms with Crippen LogP contribution in [0.25, 0.3) is 0 Å². The highest BCUT2D eigenvalue weighted by molar-refractivity contribution is 5.76. The number of amides is 1.